The Balaban J connectivity index is 1.71. The Morgan fingerprint density at radius 2 is 0.779 bits per heavy atom. The second kappa shape index (κ2) is 48.7. The van der Waals surface area contributed by atoms with Crippen molar-refractivity contribution in [3.05, 3.63) is 24.3 Å². The van der Waals surface area contributed by atoms with Gasteiger partial charge in [0, 0.05) is 12.8 Å². The fourth-order valence-electron chi connectivity index (χ4n) is 10.1. The molecule has 0 aromatic carbocycles. The molecule has 0 radical (unpaired) electrons. The van der Waals surface area contributed by atoms with E-state index in [0.717, 1.165) is 57.8 Å². The van der Waals surface area contributed by atoms with Gasteiger partial charge in [-0.25, -0.2) is 0 Å². The van der Waals surface area contributed by atoms with Crippen LogP contribution >= 0.6 is 0 Å². The van der Waals surface area contributed by atoms with Gasteiger partial charge in [0.1, 0.15) is 55.4 Å². The number of carbonyl (C=O) groups is 2. The minimum atomic E-state index is -1.76. The number of unbranched alkanes of at least 4 members (excludes halogenated alkanes) is 33. The molecule has 11 atom stereocenters. The molecule has 0 spiro atoms. The molecule has 2 rings (SSSR count). The molecule has 15 nitrogen and oxygen atoms in total. The topological polar surface area (TPSA) is 231 Å². The molecule has 2 saturated heterocycles. The molecular formula is C62H114O15. The number of aliphatic hydroxyl groups is 7. The van der Waals surface area contributed by atoms with Crippen LogP contribution in [0.4, 0.5) is 0 Å². The SMILES string of the molecule is CCCCC/C=C\C/C=C\CCCCCCCCCCCC(=O)OC(COC(=O)CCCCCCCCCCCCCCCCCCCCCCCC)COC1OC(COC2OC(CO)C(O)C(O)C2O)C(O)C(O)C1O. The van der Waals surface area contributed by atoms with Crippen LogP contribution < -0.4 is 0 Å². The standard InChI is InChI=1S/C62H114O15/c1-3-5-7-9-11-13-15-17-19-21-23-24-25-27-28-30-32-34-36-38-40-42-44-53(64)72-47-50(75-54(65)45-43-41-39-37-35-33-31-29-26-22-20-18-16-14-12-10-8-6-4-2)48-73-61-60(71)58(69)56(67)52(77-61)49-74-62-59(70)57(68)55(66)51(46-63)76-62/h12,14,18,20,50-52,55-63,66-71H,3-11,13,15-17,19,21-49H2,1-2H3/b14-12-,20-18-. The van der Waals surface area contributed by atoms with Gasteiger partial charge < -0.3 is 64.2 Å². The molecule has 2 aliphatic rings. The summed E-state index contributed by atoms with van der Waals surface area (Å²) in [4.78, 5) is 26.0. The number of esters is 2. The van der Waals surface area contributed by atoms with E-state index in [4.69, 9.17) is 28.4 Å². The van der Waals surface area contributed by atoms with Gasteiger partial charge in [0.25, 0.3) is 0 Å². The Morgan fingerprint density at radius 3 is 1.23 bits per heavy atom. The molecular weight excluding hydrogens is 985 g/mol. The van der Waals surface area contributed by atoms with Crippen molar-refractivity contribution in [3.63, 3.8) is 0 Å². The summed E-state index contributed by atoms with van der Waals surface area (Å²) in [5.41, 5.74) is 0. The van der Waals surface area contributed by atoms with Crippen molar-refractivity contribution in [3.8, 4) is 0 Å². The summed E-state index contributed by atoms with van der Waals surface area (Å²) in [6.07, 6.45) is 37.7. The van der Waals surface area contributed by atoms with E-state index in [0.29, 0.717) is 12.8 Å². The predicted octanol–water partition coefficient (Wildman–Crippen LogP) is 11.4. The number of rotatable bonds is 51. The molecule has 15 heteroatoms. The fourth-order valence-corrected chi connectivity index (χ4v) is 10.1. The van der Waals surface area contributed by atoms with Gasteiger partial charge in [-0.2, -0.15) is 0 Å². The van der Waals surface area contributed by atoms with E-state index in [1.54, 1.807) is 0 Å². The fraction of sp³-hybridized carbons (Fsp3) is 0.903. The normalized spacial score (nSPS) is 24.3. The van der Waals surface area contributed by atoms with Crippen molar-refractivity contribution in [2.75, 3.05) is 26.4 Å². The van der Waals surface area contributed by atoms with E-state index in [1.165, 1.54) is 167 Å². The lowest BCUT2D eigenvalue weighted by Gasteiger charge is -2.42. The first kappa shape index (κ1) is 71.1. The Kier molecular flexibility index (Phi) is 44.9. The first-order chi connectivity index (χ1) is 37.5. The number of aliphatic hydroxyl groups excluding tert-OH is 7. The molecule has 0 aromatic heterocycles. The molecule has 0 amide bonds. The van der Waals surface area contributed by atoms with Gasteiger partial charge in [0.15, 0.2) is 18.7 Å². The van der Waals surface area contributed by atoms with E-state index in [2.05, 4.69) is 38.2 Å². The summed E-state index contributed by atoms with van der Waals surface area (Å²) in [6.45, 7) is 2.62. The van der Waals surface area contributed by atoms with Crippen LogP contribution in [0.1, 0.15) is 264 Å². The zero-order valence-electron chi connectivity index (χ0n) is 48.5. The third-order valence-electron chi connectivity index (χ3n) is 15.2. The third-order valence-corrected chi connectivity index (χ3v) is 15.2. The maximum atomic E-state index is 13.1. The molecule has 452 valence electrons. The first-order valence-corrected chi connectivity index (χ1v) is 31.4. The smallest absolute Gasteiger partial charge is 0.306 e. The van der Waals surface area contributed by atoms with Gasteiger partial charge >= 0.3 is 11.9 Å². The quantitative estimate of drug-likeness (QED) is 0.0171. The van der Waals surface area contributed by atoms with Crippen molar-refractivity contribution in [2.45, 2.75) is 332 Å². The average Bonchev–Trinajstić information content (AvgIpc) is 3.43. The molecule has 77 heavy (non-hydrogen) atoms. The number of hydrogen-bond donors (Lipinski definition) is 7. The van der Waals surface area contributed by atoms with Crippen LogP contribution in [0.15, 0.2) is 24.3 Å². The van der Waals surface area contributed by atoms with E-state index in [-0.39, 0.29) is 26.1 Å². The molecule has 7 N–H and O–H groups in total. The van der Waals surface area contributed by atoms with Crippen LogP contribution in [0.3, 0.4) is 0 Å². The number of ether oxygens (including phenoxy) is 6. The number of allylic oxidation sites excluding steroid dienone is 4. The van der Waals surface area contributed by atoms with Crippen molar-refractivity contribution < 1.29 is 73.8 Å². The lowest BCUT2D eigenvalue weighted by atomic mass is 9.98. The van der Waals surface area contributed by atoms with Crippen molar-refractivity contribution >= 4 is 11.9 Å². The summed E-state index contributed by atoms with van der Waals surface area (Å²) in [5, 5.41) is 72.4. The van der Waals surface area contributed by atoms with Crippen molar-refractivity contribution in [2.24, 2.45) is 0 Å². The van der Waals surface area contributed by atoms with E-state index in [9.17, 15) is 45.3 Å². The maximum Gasteiger partial charge on any atom is 0.306 e. The Labute approximate surface area is 466 Å². The van der Waals surface area contributed by atoms with Gasteiger partial charge in [-0.05, 0) is 44.9 Å². The summed E-state index contributed by atoms with van der Waals surface area (Å²) in [6, 6.07) is 0. The van der Waals surface area contributed by atoms with Crippen LogP contribution in [0, 0.1) is 0 Å². The van der Waals surface area contributed by atoms with Gasteiger partial charge in [0.2, 0.25) is 0 Å². The molecule has 2 aliphatic heterocycles. The minimum Gasteiger partial charge on any atom is -0.462 e. The lowest BCUT2D eigenvalue weighted by molar-refractivity contribution is -0.332. The molecule has 2 fully saturated rings. The van der Waals surface area contributed by atoms with Crippen molar-refractivity contribution in [1.29, 1.82) is 0 Å². The zero-order chi connectivity index (χ0) is 56.0. The molecule has 11 unspecified atom stereocenters. The molecule has 0 aliphatic carbocycles. The number of carbonyl (C=O) groups excluding carboxylic acids is 2. The summed E-state index contributed by atoms with van der Waals surface area (Å²) >= 11 is 0. The van der Waals surface area contributed by atoms with Gasteiger partial charge in [-0.3, -0.25) is 9.59 Å². The van der Waals surface area contributed by atoms with Gasteiger partial charge in [-0.15, -0.1) is 0 Å². The summed E-state index contributed by atoms with van der Waals surface area (Å²) in [7, 11) is 0. The highest BCUT2D eigenvalue weighted by atomic mass is 16.7. The lowest BCUT2D eigenvalue weighted by Crippen LogP contribution is -2.61. The average molecular weight is 1100 g/mol. The van der Waals surface area contributed by atoms with Crippen LogP contribution in [0.2, 0.25) is 0 Å². The largest absolute Gasteiger partial charge is 0.462 e. The van der Waals surface area contributed by atoms with E-state index in [1.807, 2.05) is 0 Å². The molecule has 0 bridgehead atoms. The molecule has 0 saturated carbocycles. The summed E-state index contributed by atoms with van der Waals surface area (Å²) < 4.78 is 33.8. The highest BCUT2D eigenvalue weighted by molar-refractivity contribution is 5.70. The van der Waals surface area contributed by atoms with E-state index < -0.39 is 92.7 Å². The van der Waals surface area contributed by atoms with Crippen molar-refractivity contribution in [1.82, 2.24) is 0 Å². The monoisotopic (exact) mass is 1100 g/mol. The Morgan fingerprint density at radius 1 is 0.416 bits per heavy atom. The van der Waals surface area contributed by atoms with Crippen LogP contribution in [-0.2, 0) is 38.0 Å². The van der Waals surface area contributed by atoms with Crippen LogP contribution in [-0.4, -0.2) is 142 Å². The Bertz CT molecular complexity index is 1430. The highest BCUT2D eigenvalue weighted by Gasteiger charge is 2.47. The van der Waals surface area contributed by atoms with Gasteiger partial charge in [-0.1, -0.05) is 231 Å². The van der Waals surface area contributed by atoms with Gasteiger partial charge in [0.05, 0.1) is 19.8 Å². The summed E-state index contributed by atoms with van der Waals surface area (Å²) in [5.74, 6) is -0.914. The van der Waals surface area contributed by atoms with Crippen LogP contribution in [0.5, 0.6) is 0 Å². The molecule has 2 heterocycles. The van der Waals surface area contributed by atoms with Crippen LogP contribution in [0.25, 0.3) is 0 Å². The predicted molar refractivity (Wildman–Crippen MR) is 303 cm³/mol. The second-order valence-corrected chi connectivity index (χ2v) is 22.2. The Hall–Kier alpha value is -2.02. The number of hydrogen-bond acceptors (Lipinski definition) is 15. The maximum absolute atomic E-state index is 13.1. The minimum absolute atomic E-state index is 0.164. The highest BCUT2D eigenvalue weighted by Crippen LogP contribution is 2.27. The van der Waals surface area contributed by atoms with E-state index >= 15 is 0 Å². The second-order valence-electron chi connectivity index (χ2n) is 22.2. The third kappa shape index (κ3) is 35.5. The first-order valence-electron chi connectivity index (χ1n) is 31.4. The zero-order valence-corrected chi connectivity index (χ0v) is 48.5. The molecule has 0 aromatic rings.